The molecule has 1 aliphatic carbocycles. The van der Waals surface area contributed by atoms with Crippen LogP contribution in [-0.2, 0) is 9.59 Å². The van der Waals surface area contributed by atoms with Crippen LogP contribution in [0.5, 0.6) is 0 Å². The number of carbonyl (C=O) groups is 3. The molecule has 0 aromatic carbocycles. The van der Waals surface area contributed by atoms with E-state index in [4.69, 9.17) is 0 Å². The zero-order valence-electron chi connectivity index (χ0n) is 21.3. The Labute approximate surface area is 200 Å². The Hall–Kier alpha value is -2.21. The molecule has 0 aromatic rings. The van der Waals surface area contributed by atoms with Crippen LogP contribution in [0.1, 0.15) is 86.0 Å². The molecule has 2 unspecified atom stereocenters. The molecule has 33 heavy (non-hydrogen) atoms. The lowest BCUT2D eigenvalue weighted by atomic mass is 9.86. The van der Waals surface area contributed by atoms with Gasteiger partial charge in [-0.05, 0) is 56.6 Å². The molecule has 6 heteroatoms. The number of urea groups is 1. The van der Waals surface area contributed by atoms with Gasteiger partial charge in [0.25, 0.3) is 0 Å². The first-order chi connectivity index (χ1) is 15.6. The maximum absolute atomic E-state index is 12.7. The summed E-state index contributed by atoms with van der Waals surface area (Å²) in [7, 11) is 0. The lowest BCUT2D eigenvalue weighted by molar-refractivity contribution is -0.121. The van der Waals surface area contributed by atoms with E-state index in [0.717, 1.165) is 45.2 Å². The highest BCUT2D eigenvalue weighted by Gasteiger charge is 2.23. The van der Waals surface area contributed by atoms with Gasteiger partial charge in [0, 0.05) is 25.4 Å². The average Bonchev–Trinajstić information content (AvgIpc) is 3.00. The molecule has 0 spiro atoms. The second kappa shape index (κ2) is 15.6. The van der Waals surface area contributed by atoms with Gasteiger partial charge in [-0.3, -0.25) is 4.79 Å². The summed E-state index contributed by atoms with van der Waals surface area (Å²) in [5.41, 5.74) is 1.36. The number of allylic oxidation sites excluding steroid dienone is 4. The van der Waals surface area contributed by atoms with E-state index in [1.165, 1.54) is 12.5 Å². The van der Waals surface area contributed by atoms with Gasteiger partial charge in [0.15, 0.2) is 5.78 Å². The number of carbonyl (C=O) groups excluding carboxylic acids is 3. The average molecular weight is 460 g/mol. The lowest BCUT2D eigenvalue weighted by Crippen LogP contribution is -2.49. The Morgan fingerprint density at radius 1 is 1.06 bits per heavy atom. The molecule has 0 aliphatic heterocycles. The van der Waals surface area contributed by atoms with Crippen LogP contribution in [0, 0.1) is 5.41 Å². The maximum atomic E-state index is 12.7. The fraction of sp³-hybridized carbons (Fsp3) is 0.667. The van der Waals surface area contributed by atoms with Gasteiger partial charge in [-0.25, -0.2) is 4.79 Å². The van der Waals surface area contributed by atoms with Crippen molar-refractivity contribution in [2.24, 2.45) is 5.41 Å². The molecule has 1 aliphatic rings. The third-order valence-corrected chi connectivity index (χ3v) is 5.56. The SMILES string of the molecule is CCC(=O)C(CCC(C)=O)NC(=O)NC(CCCCNCC1=CC=CCC=C1)CC(C)(C)C. The molecule has 0 aromatic heterocycles. The van der Waals surface area contributed by atoms with Gasteiger partial charge in [-0.1, -0.05) is 64.5 Å². The predicted octanol–water partition coefficient (Wildman–Crippen LogP) is 5.01. The molecule has 0 saturated carbocycles. The fourth-order valence-electron chi connectivity index (χ4n) is 3.87. The second-order valence-corrected chi connectivity index (χ2v) is 10.2. The van der Waals surface area contributed by atoms with Gasteiger partial charge >= 0.3 is 6.03 Å². The van der Waals surface area contributed by atoms with Crippen molar-refractivity contribution in [3.8, 4) is 0 Å². The molecular formula is C27H45N3O3. The summed E-state index contributed by atoms with van der Waals surface area (Å²) < 4.78 is 0. The van der Waals surface area contributed by atoms with E-state index in [1.54, 1.807) is 6.92 Å². The monoisotopic (exact) mass is 459 g/mol. The van der Waals surface area contributed by atoms with Crippen molar-refractivity contribution in [2.45, 2.75) is 98.1 Å². The molecule has 0 bridgehead atoms. The topological polar surface area (TPSA) is 87.3 Å². The molecular weight excluding hydrogens is 414 g/mol. The van der Waals surface area contributed by atoms with Crippen molar-refractivity contribution in [3.05, 3.63) is 36.0 Å². The van der Waals surface area contributed by atoms with Gasteiger partial charge in [0.2, 0.25) is 0 Å². The Kier molecular flexibility index (Phi) is 13.6. The van der Waals surface area contributed by atoms with Crippen molar-refractivity contribution in [1.29, 1.82) is 0 Å². The first-order valence-electron chi connectivity index (χ1n) is 12.4. The number of ketones is 2. The Bertz CT molecular complexity index is 717. The molecule has 2 amide bonds. The maximum Gasteiger partial charge on any atom is 0.315 e. The first-order valence-corrected chi connectivity index (χ1v) is 12.4. The fourth-order valence-corrected chi connectivity index (χ4v) is 3.87. The molecule has 0 saturated heterocycles. The number of hydrogen-bond donors (Lipinski definition) is 3. The second-order valence-electron chi connectivity index (χ2n) is 10.2. The molecule has 1 rings (SSSR count). The van der Waals surface area contributed by atoms with Gasteiger partial charge in [0.05, 0.1) is 6.04 Å². The Morgan fingerprint density at radius 2 is 1.82 bits per heavy atom. The molecule has 6 nitrogen and oxygen atoms in total. The van der Waals surface area contributed by atoms with Crippen LogP contribution in [0.4, 0.5) is 4.79 Å². The summed E-state index contributed by atoms with van der Waals surface area (Å²) in [6.07, 6.45) is 16.5. The quantitative estimate of drug-likeness (QED) is 0.300. The van der Waals surface area contributed by atoms with Crippen LogP contribution in [0.2, 0.25) is 0 Å². The van der Waals surface area contributed by atoms with Crippen molar-refractivity contribution < 1.29 is 14.4 Å². The molecule has 186 valence electrons. The number of hydrogen-bond acceptors (Lipinski definition) is 4. The first kappa shape index (κ1) is 28.8. The van der Waals surface area contributed by atoms with Gasteiger partial charge in [-0.2, -0.15) is 0 Å². The minimum atomic E-state index is -0.611. The van der Waals surface area contributed by atoms with Crippen molar-refractivity contribution >= 4 is 17.6 Å². The summed E-state index contributed by atoms with van der Waals surface area (Å²) in [6, 6.07) is -0.897. The molecule has 3 N–H and O–H groups in total. The molecule has 0 radical (unpaired) electrons. The molecule has 0 heterocycles. The van der Waals surface area contributed by atoms with Crippen molar-refractivity contribution in [1.82, 2.24) is 16.0 Å². The Morgan fingerprint density at radius 3 is 2.48 bits per heavy atom. The van der Waals surface area contributed by atoms with Crippen LogP contribution < -0.4 is 16.0 Å². The van der Waals surface area contributed by atoms with Crippen LogP contribution in [0.15, 0.2) is 36.0 Å². The van der Waals surface area contributed by atoms with Gasteiger partial charge < -0.3 is 20.7 Å². The third kappa shape index (κ3) is 14.5. The molecule has 2 atom stereocenters. The number of unbranched alkanes of at least 4 members (excludes halogenated alkanes) is 1. The van der Waals surface area contributed by atoms with E-state index in [-0.39, 0.29) is 35.5 Å². The highest BCUT2D eigenvalue weighted by Crippen LogP contribution is 2.23. The summed E-state index contributed by atoms with van der Waals surface area (Å²) >= 11 is 0. The van der Waals surface area contributed by atoms with E-state index >= 15 is 0 Å². The van der Waals surface area contributed by atoms with E-state index in [2.05, 4.69) is 67.1 Å². The van der Waals surface area contributed by atoms with Crippen molar-refractivity contribution in [2.75, 3.05) is 13.1 Å². The van der Waals surface area contributed by atoms with E-state index in [9.17, 15) is 14.4 Å². The van der Waals surface area contributed by atoms with Crippen LogP contribution in [0.25, 0.3) is 0 Å². The van der Waals surface area contributed by atoms with Crippen LogP contribution in [0.3, 0.4) is 0 Å². The third-order valence-electron chi connectivity index (χ3n) is 5.56. The largest absolute Gasteiger partial charge is 0.335 e. The number of Topliss-reactive ketones (excluding diaryl/α,β-unsaturated/α-hetero) is 2. The summed E-state index contributed by atoms with van der Waals surface area (Å²) in [4.78, 5) is 36.2. The normalized spacial score (nSPS) is 15.4. The van der Waals surface area contributed by atoms with Gasteiger partial charge in [0.1, 0.15) is 5.78 Å². The summed E-state index contributed by atoms with van der Waals surface area (Å²) in [6.45, 7) is 11.6. The van der Waals surface area contributed by atoms with Crippen LogP contribution >= 0.6 is 0 Å². The minimum Gasteiger partial charge on any atom is -0.335 e. The Balaban J connectivity index is 2.49. The standard InChI is InChI=1S/C27H45N3O3/c1-6-25(32)24(17-16-21(2)31)30-26(33)29-23(19-27(3,4)5)15-11-12-18-28-20-22-13-9-7-8-10-14-22/h7,9-10,13-14,23-24,28H,6,8,11-12,15-20H2,1-5H3,(H2,29,30,33). The van der Waals surface area contributed by atoms with E-state index < -0.39 is 6.04 Å². The number of amides is 2. The highest BCUT2D eigenvalue weighted by molar-refractivity contribution is 5.89. The van der Waals surface area contributed by atoms with Crippen molar-refractivity contribution in [3.63, 3.8) is 0 Å². The number of rotatable bonds is 15. The molecule has 0 fully saturated rings. The van der Waals surface area contributed by atoms with E-state index in [0.29, 0.717) is 12.8 Å². The zero-order valence-corrected chi connectivity index (χ0v) is 21.3. The summed E-state index contributed by atoms with van der Waals surface area (Å²) in [5.74, 6) is -0.0212. The minimum absolute atomic E-state index is 0.0214. The van der Waals surface area contributed by atoms with Crippen LogP contribution in [-0.4, -0.2) is 42.8 Å². The predicted molar refractivity (Wildman–Crippen MR) is 136 cm³/mol. The number of nitrogens with one attached hydrogen (secondary N) is 3. The smallest absolute Gasteiger partial charge is 0.315 e. The van der Waals surface area contributed by atoms with Gasteiger partial charge in [-0.15, -0.1) is 0 Å². The highest BCUT2D eigenvalue weighted by atomic mass is 16.2. The summed E-state index contributed by atoms with van der Waals surface area (Å²) in [5, 5.41) is 9.39. The lowest BCUT2D eigenvalue weighted by Gasteiger charge is -2.28. The zero-order chi connectivity index (χ0) is 24.7. The van der Waals surface area contributed by atoms with E-state index in [1.807, 2.05) is 0 Å².